The molecule has 0 aliphatic heterocycles. The highest BCUT2D eigenvalue weighted by Gasteiger charge is 2.17. The number of hydrogen-bond acceptors (Lipinski definition) is 4. The van der Waals surface area contributed by atoms with Gasteiger partial charge in [-0.3, -0.25) is 4.79 Å². The van der Waals surface area contributed by atoms with Crippen LogP contribution in [0.2, 0.25) is 5.02 Å². The Balaban J connectivity index is 2.28. The summed E-state index contributed by atoms with van der Waals surface area (Å²) < 4.78 is 2.08. The summed E-state index contributed by atoms with van der Waals surface area (Å²) >= 11 is 7.30. The molecule has 0 bridgehead atoms. The zero-order valence-electron chi connectivity index (χ0n) is 14.0. The summed E-state index contributed by atoms with van der Waals surface area (Å²) in [6, 6.07) is 7.55. The lowest BCUT2D eigenvalue weighted by atomic mass is 10.0. The highest BCUT2D eigenvalue weighted by molar-refractivity contribution is 7.99. The molecule has 130 valence electrons. The first-order valence-electron chi connectivity index (χ1n) is 8.11. The Hall–Kier alpha value is -1.53. The van der Waals surface area contributed by atoms with Crippen molar-refractivity contribution in [2.45, 2.75) is 44.8 Å². The van der Waals surface area contributed by atoms with Crippen LogP contribution < -0.4 is 5.73 Å². The standard InChI is InChI=1S/C17H23ClN4OS/c1-3-4-5-12(2)10-22-16(13-6-8-14(18)9-7-13)20-21-17(22)24-11-15(19)23/h6-9,12H,3-5,10-11H2,1-2H3,(H2,19,23)/t12-/m1/s1. The van der Waals surface area contributed by atoms with Crippen molar-refractivity contribution in [1.82, 2.24) is 14.8 Å². The molecule has 1 aromatic heterocycles. The van der Waals surface area contributed by atoms with Crippen LogP contribution in [0.3, 0.4) is 0 Å². The minimum Gasteiger partial charge on any atom is -0.369 e. The van der Waals surface area contributed by atoms with Crippen molar-refractivity contribution >= 4 is 29.3 Å². The highest BCUT2D eigenvalue weighted by atomic mass is 35.5. The molecule has 1 heterocycles. The van der Waals surface area contributed by atoms with Crippen LogP contribution in [0.4, 0.5) is 0 Å². The Morgan fingerprint density at radius 1 is 1.33 bits per heavy atom. The average molecular weight is 367 g/mol. The summed E-state index contributed by atoms with van der Waals surface area (Å²) in [5.41, 5.74) is 6.22. The Morgan fingerprint density at radius 3 is 2.67 bits per heavy atom. The molecule has 24 heavy (non-hydrogen) atoms. The first-order chi connectivity index (χ1) is 11.5. The van der Waals surface area contributed by atoms with Gasteiger partial charge in [0.2, 0.25) is 5.91 Å². The third-order valence-electron chi connectivity index (χ3n) is 3.71. The van der Waals surface area contributed by atoms with Gasteiger partial charge in [0.1, 0.15) is 0 Å². The van der Waals surface area contributed by atoms with Gasteiger partial charge in [0.25, 0.3) is 0 Å². The number of carbonyl (C=O) groups is 1. The van der Waals surface area contributed by atoms with Gasteiger partial charge in [0.15, 0.2) is 11.0 Å². The number of nitrogens with two attached hydrogens (primary N) is 1. The van der Waals surface area contributed by atoms with E-state index in [0.717, 1.165) is 29.5 Å². The highest BCUT2D eigenvalue weighted by Crippen LogP contribution is 2.27. The Bertz CT molecular complexity index is 672. The van der Waals surface area contributed by atoms with E-state index in [1.165, 1.54) is 24.6 Å². The predicted octanol–water partition coefficient (Wildman–Crippen LogP) is 4.00. The van der Waals surface area contributed by atoms with E-state index in [1.54, 1.807) is 0 Å². The molecule has 0 aliphatic rings. The molecule has 0 aliphatic carbocycles. The summed E-state index contributed by atoms with van der Waals surface area (Å²) in [5, 5.41) is 9.99. The summed E-state index contributed by atoms with van der Waals surface area (Å²) in [6.07, 6.45) is 3.53. The molecule has 1 aromatic carbocycles. The van der Waals surface area contributed by atoms with Gasteiger partial charge in [-0.05, 0) is 36.6 Å². The number of primary amides is 1. The topological polar surface area (TPSA) is 73.8 Å². The van der Waals surface area contributed by atoms with Gasteiger partial charge >= 0.3 is 0 Å². The van der Waals surface area contributed by atoms with Gasteiger partial charge in [0, 0.05) is 17.1 Å². The maximum atomic E-state index is 11.1. The number of unbranched alkanes of at least 4 members (excludes halogenated alkanes) is 1. The van der Waals surface area contributed by atoms with Gasteiger partial charge in [-0.2, -0.15) is 0 Å². The van der Waals surface area contributed by atoms with Crippen molar-refractivity contribution in [2.75, 3.05) is 5.75 Å². The molecular weight excluding hydrogens is 344 g/mol. The van der Waals surface area contributed by atoms with Crippen molar-refractivity contribution in [2.24, 2.45) is 11.7 Å². The molecule has 0 spiro atoms. The lowest BCUT2D eigenvalue weighted by Gasteiger charge is -2.15. The van der Waals surface area contributed by atoms with E-state index in [1.807, 2.05) is 24.3 Å². The molecule has 1 atom stereocenters. The molecule has 2 N–H and O–H groups in total. The second kappa shape index (κ2) is 9.08. The summed E-state index contributed by atoms with van der Waals surface area (Å²) in [4.78, 5) is 11.1. The average Bonchev–Trinajstić information content (AvgIpc) is 2.94. The number of benzene rings is 1. The monoisotopic (exact) mass is 366 g/mol. The maximum absolute atomic E-state index is 11.1. The first-order valence-corrected chi connectivity index (χ1v) is 9.47. The minimum atomic E-state index is -0.360. The Labute approximate surface area is 152 Å². The van der Waals surface area contributed by atoms with Gasteiger partial charge in [-0.1, -0.05) is 50.1 Å². The van der Waals surface area contributed by atoms with Crippen LogP contribution in [-0.2, 0) is 11.3 Å². The smallest absolute Gasteiger partial charge is 0.227 e. The third kappa shape index (κ3) is 5.24. The summed E-state index contributed by atoms with van der Waals surface area (Å²) in [6.45, 7) is 5.23. The number of aromatic nitrogens is 3. The molecule has 2 aromatic rings. The normalized spacial score (nSPS) is 12.3. The largest absolute Gasteiger partial charge is 0.369 e. The second-order valence-corrected chi connectivity index (χ2v) is 7.31. The lowest BCUT2D eigenvalue weighted by Crippen LogP contribution is -2.15. The lowest BCUT2D eigenvalue weighted by molar-refractivity contribution is -0.115. The molecule has 0 saturated heterocycles. The van der Waals surface area contributed by atoms with Crippen LogP contribution in [0.25, 0.3) is 11.4 Å². The van der Waals surface area contributed by atoms with E-state index in [-0.39, 0.29) is 11.7 Å². The molecule has 2 rings (SSSR count). The number of carbonyl (C=O) groups excluding carboxylic acids is 1. The van der Waals surface area contributed by atoms with Gasteiger partial charge in [0.05, 0.1) is 5.75 Å². The fourth-order valence-corrected chi connectivity index (χ4v) is 3.28. The molecule has 0 radical (unpaired) electrons. The van der Waals surface area contributed by atoms with E-state index < -0.39 is 0 Å². The van der Waals surface area contributed by atoms with Gasteiger partial charge < -0.3 is 10.3 Å². The van der Waals surface area contributed by atoms with Gasteiger partial charge in [-0.15, -0.1) is 10.2 Å². The zero-order valence-corrected chi connectivity index (χ0v) is 15.6. The molecule has 1 amide bonds. The van der Waals surface area contributed by atoms with E-state index in [4.69, 9.17) is 17.3 Å². The first kappa shape index (κ1) is 18.8. The maximum Gasteiger partial charge on any atom is 0.227 e. The fourth-order valence-electron chi connectivity index (χ4n) is 2.46. The molecule has 0 saturated carbocycles. The number of rotatable bonds is 9. The number of halogens is 1. The SMILES string of the molecule is CCCC[C@@H](C)Cn1c(SCC(N)=O)nnc1-c1ccc(Cl)cc1. The van der Waals surface area contributed by atoms with E-state index >= 15 is 0 Å². The molecule has 7 heteroatoms. The Morgan fingerprint density at radius 2 is 2.04 bits per heavy atom. The van der Waals surface area contributed by atoms with Crippen molar-refractivity contribution in [3.8, 4) is 11.4 Å². The van der Waals surface area contributed by atoms with E-state index in [9.17, 15) is 4.79 Å². The number of hydrogen-bond donors (Lipinski definition) is 1. The number of thioether (sulfide) groups is 1. The second-order valence-electron chi connectivity index (χ2n) is 5.93. The van der Waals surface area contributed by atoms with Crippen molar-refractivity contribution in [3.05, 3.63) is 29.3 Å². The fraction of sp³-hybridized carbons (Fsp3) is 0.471. The van der Waals surface area contributed by atoms with Crippen LogP contribution in [-0.4, -0.2) is 26.4 Å². The van der Waals surface area contributed by atoms with Crippen molar-refractivity contribution in [3.63, 3.8) is 0 Å². The van der Waals surface area contributed by atoms with E-state index in [2.05, 4.69) is 28.6 Å². The van der Waals surface area contributed by atoms with E-state index in [0.29, 0.717) is 10.9 Å². The van der Waals surface area contributed by atoms with Crippen LogP contribution in [0, 0.1) is 5.92 Å². The summed E-state index contributed by atoms with van der Waals surface area (Å²) in [5.74, 6) is 1.13. The van der Waals surface area contributed by atoms with Crippen LogP contribution >= 0.6 is 23.4 Å². The zero-order chi connectivity index (χ0) is 17.5. The molecule has 0 fully saturated rings. The minimum absolute atomic E-state index is 0.197. The molecule has 0 unspecified atom stereocenters. The van der Waals surface area contributed by atoms with Crippen LogP contribution in [0.5, 0.6) is 0 Å². The Kier molecular flexibility index (Phi) is 7.12. The predicted molar refractivity (Wildman–Crippen MR) is 99.1 cm³/mol. The van der Waals surface area contributed by atoms with Crippen molar-refractivity contribution in [1.29, 1.82) is 0 Å². The number of nitrogens with zero attached hydrogens (tertiary/aromatic N) is 3. The molecular formula is C17H23ClN4OS. The summed E-state index contributed by atoms with van der Waals surface area (Å²) in [7, 11) is 0. The molecule has 5 nitrogen and oxygen atoms in total. The van der Waals surface area contributed by atoms with Gasteiger partial charge in [-0.25, -0.2) is 0 Å². The van der Waals surface area contributed by atoms with Crippen LogP contribution in [0.1, 0.15) is 33.1 Å². The quantitative estimate of drug-likeness (QED) is 0.680. The number of amides is 1. The van der Waals surface area contributed by atoms with Crippen LogP contribution in [0.15, 0.2) is 29.4 Å². The third-order valence-corrected chi connectivity index (χ3v) is 4.95. The van der Waals surface area contributed by atoms with Crippen molar-refractivity contribution < 1.29 is 4.79 Å².